The van der Waals surface area contributed by atoms with E-state index in [1.54, 1.807) is 0 Å². The van der Waals surface area contributed by atoms with Crippen molar-refractivity contribution in [3.63, 3.8) is 0 Å². The number of nitrogens with zero attached hydrogens (tertiary/aromatic N) is 2. The highest BCUT2D eigenvalue weighted by Gasteiger charge is 2.10. The zero-order valence-corrected chi connectivity index (χ0v) is 9.58. The standard InChI is InChI=1S/C10H11N3O5/c1-18-10(15)3-2-9(14)12-8-6-7(13(16)17)4-5-11-8/h4-6H,2-3H2,1H3,(H,11,12,14). The van der Waals surface area contributed by atoms with Gasteiger partial charge in [-0.25, -0.2) is 4.98 Å². The molecular weight excluding hydrogens is 242 g/mol. The van der Waals surface area contributed by atoms with Crippen molar-refractivity contribution in [1.82, 2.24) is 4.98 Å². The molecular formula is C10H11N3O5. The number of esters is 1. The molecule has 0 saturated carbocycles. The van der Waals surface area contributed by atoms with E-state index in [0.717, 1.165) is 6.07 Å². The van der Waals surface area contributed by atoms with Crippen LogP contribution in [-0.4, -0.2) is 28.9 Å². The SMILES string of the molecule is COC(=O)CCC(=O)Nc1cc([N+](=O)[O-])ccn1. The number of nitro groups is 1. The summed E-state index contributed by atoms with van der Waals surface area (Å²) in [5.41, 5.74) is -0.173. The number of anilines is 1. The van der Waals surface area contributed by atoms with E-state index in [-0.39, 0.29) is 24.3 Å². The zero-order chi connectivity index (χ0) is 13.5. The minimum Gasteiger partial charge on any atom is -0.469 e. The number of amides is 1. The third kappa shape index (κ3) is 4.16. The summed E-state index contributed by atoms with van der Waals surface area (Å²) in [7, 11) is 1.22. The van der Waals surface area contributed by atoms with E-state index in [9.17, 15) is 19.7 Å². The van der Waals surface area contributed by atoms with Crippen molar-refractivity contribution in [3.05, 3.63) is 28.4 Å². The van der Waals surface area contributed by atoms with Gasteiger partial charge < -0.3 is 10.1 Å². The molecule has 0 atom stereocenters. The average Bonchev–Trinajstić information content (AvgIpc) is 2.36. The molecule has 8 nitrogen and oxygen atoms in total. The molecule has 0 radical (unpaired) electrons. The van der Waals surface area contributed by atoms with Crippen molar-refractivity contribution in [1.29, 1.82) is 0 Å². The zero-order valence-electron chi connectivity index (χ0n) is 9.58. The number of hydrogen-bond donors (Lipinski definition) is 1. The largest absolute Gasteiger partial charge is 0.469 e. The highest BCUT2D eigenvalue weighted by Crippen LogP contribution is 2.14. The van der Waals surface area contributed by atoms with Gasteiger partial charge >= 0.3 is 5.97 Å². The van der Waals surface area contributed by atoms with Gasteiger partial charge in [0.05, 0.1) is 24.5 Å². The lowest BCUT2D eigenvalue weighted by atomic mass is 10.3. The molecule has 0 spiro atoms. The molecule has 1 amide bonds. The summed E-state index contributed by atoms with van der Waals surface area (Å²) in [6, 6.07) is 2.35. The number of carbonyl (C=O) groups is 2. The van der Waals surface area contributed by atoms with Crippen molar-refractivity contribution in [2.24, 2.45) is 0 Å². The second kappa shape index (κ2) is 6.28. The number of aromatic nitrogens is 1. The molecule has 1 heterocycles. The van der Waals surface area contributed by atoms with Crippen molar-refractivity contribution in [3.8, 4) is 0 Å². The van der Waals surface area contributed by atoms with E-state index in [1.807, 2.05) is 0 Å². The predicted molar refractivity (Wildman–Crippen MR) is 60.8 cm³/mol. The number of carbonyl (C=O) groups excluding carboxylic acids is 2. The van der Waals surface area contributed by atoms with Gasteiger partial charge in [-0.15, -0.1) is 0 Å². The van der Waals surface area contributed by atoms with Crippen LogP contribution < -0.4 is 5.32 Å². The minimum absolute atomic E-state index is 0.0583. The van der Waals surface area contributed by atoms with Crippen LogP contribution in [0.2, 0.25) is 0 Å². The van der Waals surface area contributed by atoms with E-state index < -0.39 is 16.8 Å². The maximum Gasteiger partial charge on any atom is 0.306 e. The van der Waals surface area contributed by atoms with Crippen LogP contribution in [0.5, 0.6) is 0 Å². The summed E-state index contributed by atoms with van der Waals surface area (Å²) in [4.78, 5) is 35.9. The Morgan fingerprint density at radius 3 is 2.83 bits per heavy atom. The molecule has 0 unspecified atom stereocenters. The van der Waals surface area contributed by atoms with Gasteiger partial charge in [0.25, 0.3) is 5.69 Å². The average molecular weight is 253 g/mol. The Kier molecular flexibility index (Phi) is 4.73. The number of pyridine rings is 1. The van der Waals surface area contributed by atoms with Gasteiger partial charge in [-0.2, -0.15) is 0 Å². The van der Waals surface area contributed by atoms with Crippen LogP contribution in [0.15, 0.2) is 18.3 Å². The fourth-order valence-electron chi connectivity index (χ4n) is 1.12. The fraction of sp³-hybridized carbons (Fsp3) is 0.300. The van der Waals surface area contributed by atoms with Gasteiger partial charge in [-0.3, -0.25) is 19.7 Å². The van der Waals surface area contributed by atoms with Crippen molar-refractivity contribution in [2.75, 3.05) is 12.4 Å². The Hall–Kier alpha value is -2.51. The topological polar surface area (TPSA) is 111 Å². The highest BCUT2D eigenvalue weighted by atomic mass is 16.6. The van der Waals surface area contributed by atoms with E-state index >= 15 is 0 Å². The van der Waals surface area contributed by atoms with Crippen LogP contribution in [-0.2, 0) is 14.3 Å². The molecule has 0 aliphatic rings. The first-order valence-corrected chi connectivity index (χ1v) is 5.00. The quantitative estimate of drug-likeness (QED) is 0.473. The van der Waals surface area contributed by atoms with E-state index in [0.29, 0.717) is 0 Å². The van der Waals surface area contributed by atoms with Gasteiger partial charge in [0.15, 0.2) is 0 Å². The molecule has 96 valence electrons. The summed E-state index contributed by atoms with van der Waals surface area (Å²) in [6.07, 6.45) is 1.09. The minimum atomic E-state index is -0.591. The Labute approximate surface area is 102 Å². The molecule has 1 rings (SSSR count). The van der Waals surface area contributed by atoms with Crippen LogP contribution in [0.25, 0.3) is 0 Å². The number of nitrogens with one attached hydrogen (secondary N) is 1. The second-order valence-electron chi connectivity index (χ2n) is 3.28. The van der Waals surface area contributed by atoms with Crippen LogP contribution in [0.1, 0.15) is 12.8 Å². The van der Waals surface area contributed by atoms with Crippen LogP contribution in [0.4, 0.5) is 11.5 Å². The maximum absolute atomic E-state index is 11.4. The molecule has 0 aliphatic carbocycles. The second-order valence-corrected chi connectivity index (χ2v) is 3.28. The van der Waals surface area contributed by atoms with Gasteiger partial charge in [0.1, 0.15) is 5.82 Å². The first kappa shape index (κ1) is 13.6. The number of methoxy groups -OCH3 is 1. The summed E-state index contributed by atoms with van der Waals surface area (Å²) < 4.78 is 4.38. The van der Waals surface area contributed by atoms with Crippen molar-refractivity contribution >= 4 is 23.4 Å². The molecule has 18 heavy (non-hydrogen) atoms. The highest BCUT2D eigenvalue weighted by molar-refractivity contribution is 5.91. The van der Waals surface area contributed by atoms with E-state index in [4.69, 9.17) is 0 Å². The van der Waals surface area contributed by atoms with Crippen LogP contribution in [0.3, 0.4) is 0 Å². The molecule has 0 bridgehead atoms. The Morgan fingerprint density at radius 2 is 2.22 bits per heavy atom. The van der Waals surface area contributed by atoms with Crippen molar-refractivity contribution in [2.45, 2.75) is 12.8 Å². The summed E-state index contributed by atoms with van der Waals surface area (Å²) in [6.45, 7) is 0. The molecule has 0 fully saturated rings. The summed E-state index contributed by atoms with van der Waals surface area (Å²) in [5, 5.41) is 12.9. The fourth-order valence-corrected chi connectivity index (χ4v) is 1.12. The summed E-state index contributed by atoms with van der Waals surface area (Å²) >= 11 is 0. The number of hydrogen-bond acceptors (Lipinski definition) is 6. The number of rotatable bonds is 5. The monoisotopic (exact) mass is 253 g/mol. The molecule has 1 N–H and O–H groups in total. The maximum atomic E-state index is 11.4. The Balaban J connectivity index is 2.56. The molecule has 0 saturated heterocycles. The van der Waals surface area contributed by atoms with Crippen LogP contribution in [0, 0.1) is 10.1 Å². The molecule has 1 aromatic heterocycles. The molecule has 0 aromatic carbocycles. The lowest BCUT2D eigenvalue weighted by Gasteiger charge is -2.03. The normalized spacial score (nSPS) is 9.61. The van der Waals surface area contributed by atoms with Crippen LogP contribution >= 0.6 is 0 Å². The molecule has 0 aliphatic heterocycles. The summed E-state index contributed by atoms with van der Waals surface area (Å²) in [5.74, 6) is -0.899. The van der Waals surface area contributed by atoms with E-state index in [1.165, 1.54) is 19.4 Å². The predicted octanol–water partition coefficient (Wildman–Crippen LogP) is 0.881. The third-order valence-electron chi connectivity index (χ3n) is 2.01. The van der Waals surface area contributed by atoms with Gasteiger partial charge in [0.2, 0.25) is 5.91 Å². The molecule has 8 heteroatoms. The third-order valence-corrected chi connectivity index (χ3v) is 2.01. The first-order chi connectivity index (χ1) is 8.52. The lowest BCUT2D eigenvalue weighted by Crippen LogP contribution is -2.14. The Bertz CT molecular complexity index is 474. The smallest absolute Gasteiger partial charge is 0.306 e. The van der Waals surface area contributed by atoms with Gasteiger partial charge in [0, 0.05) is 18.7 Å². The van der Waals surface area contributed by atoms with E-state index in [2.05, 4.69) is 15.0 Å². The first-order valence-electron chi connectivity index (χ1n) is 5.00. The number of ether oxygens (including phenoxy) is 1. The van der Waals surface area contributed by atoms with Gasteiger partial charge in [-0.1, -0.05) is 0 Å². The Morgan fingerprint density at radius 1 is 1.50 bits per heavy atom. The van der Waals surface area contributed by atoms with Gasteiger partial charge in [-0.05, 0) is 0 Å². The lowest BCUT2D eigenvalue weighted by molar-refractivity contribution is -0.384. The van der Waals surface area contributed by atoms with Crippen molar-refractivity contribution < 1.29 is 19.2 Å². The molecule has 1 aromatic rings.